The van der Waals surface area contributed by atoms with Crippen LogP contribution in [0, 0.1) is 0 Å². The molecule has 3 aromatic carbocycles. The molecule has 0 saturated carbocycles. The molecule has 8 heteroatoms. The molecule has 1 unspecified atom stereocenters. The lowest BCUT2D eigenvalue weighted by molar-refractivity contribution is -0.195. The molecule has 0 spiro atoms. The number of aromatic nitrogens is 1. The Labute approximate surface area is 192 Å². The van der Waals surface area contributed by atoms with E-state index in [2.05, 4.69) is 9.98 Å². The van der Waals surface area contributed by atoms with E-state index in [0.717, 1.165) is 7.11 Å². The lowest BCUT2D eigenvalue weighted by Crippen LogP contribution is -2.56. The van der Waals surface area contributed by atoms with E-state index in [4.69, 9.17) is 9.47 Å². The second-order valence-electron chi connectivity index (χ2n) is 7.93. The minimum absolute atomic E-state index is 0.139. The van der Waals surface area contributed by atoms with Crippen molar-refractivity contribution in [3.63, 3.8) is 0 Å². The third-order valence-electron chi connectivity index (χ3n) is 6.04. The monoisotopic (exact) mass is 464 g/mol. The van der Waals surface area contributed by atoms with E-state index in [0.29, 0.717) is 21.9 Å². The topological polar surface area (TPSA) is 60.8 Å². The van der Waals surface area contributed by atoms with Crippen LogP contribution >= 0.6 is 0 Å². The summed E-state index contributed by atoms with van der Waals surface area (Å²) in [6.07, 6.45) is -5.15. The van der Waals surface area contributed by atoms with Crippen molar-refractivity contribution >= 4 is 33.5 Å². The molecule has 0 N–H and O–H groups in total. The Kier molecular flexibility index (Phi) is 5.23. The number of ether oxygens (including phenoxy) is 2. The number of halogens is 3. The van der Waals surface area contributed by atoms with E-state index >= 15 is 13.2 Å². The average molecular weight is 464 g/mol. The largest absolute Gasteiger partial charge is 0.477 e. The van der Waals surface area contributed by atoms with Gasteiger partial charge in [-0.15, -0.1) is 0 Å². The number of hydrogen-bond donors (Lipinski definition) is 0. The molecule has 0 radical (unpaired) electrons. The van der Waals surface area contributed by atoms with Crippen LogP contribution in [0.1, 0.15) is 17.3 Å². The number of hydrogen-bond acceptors (Lipinski definition) is 5. The number of alkyl halides is 3. The molecule has 0 bridgehead atoms. The summed E-state index contributed by atoms with van der Waals surface area (Å²) in [7, 11) is 0.913. The normalized spacial score (nSPS) is 17.8. The minimum Gasteiger partial charge on any atom is -0.477 e. The highest BCUT2D eigenvalue weighted by Crippen LogP contribution is 2.48. The number of carbonyl (C=O) groups is 1. The molecule has 2 heterocycles. The van der Waals surface area contributed by atoms with E-state index in [-0.39, 0.29) is 12.0 Å². The second kappa shape index (κ2) is 8.13. The van der Waals surface area contributed by atoms with Crippen LogP contribution in [0.25, 0.3) is 21.7 Å². The Morgan fingerprint density at radius 1 is 0.912 bits per heavy atom. The predicted molar refractivity (Wildman–Crippen MR) is 122 cm³/mol. The van der Waals surface area contributed by atoms with Gasteiger partial charge in [-0.25, -0.2) is 4.99 Å². The highest BCUT2D eigenvalue weighted by atomic mass is 19.4. The molecule has 1 aliphatic heterocycles. The quantitative estimate of drug-likeness (QED) is 0.294. The van der Waals surface area contributed by atoms with Gasteiger partial charge in [0.15, 0.2) is 0 Å². The zero-order valence-corrected chi connectivity index (χ0v) is 18.0. The number of carbonyl (C=O) groups excluding carboxylic acids is 1. The summed E-state index contributed by atoms with van der Waals surface area (Å²) < 4.78 is 55.6. The van der Waals surface area contributed by atoms with Gasteiger partial charge < -0.3 is 9.47 Å². The smallest absolute Gasteiger partial charge is 0.419 e. The SMILES string of the molecule is COC(=O)C(C1=N[C@H](c2ccccc2)CO1)(c1nc2ccccc2c2ccccc12)C(F)(F)F. The van der Waals surface area contributed by atoms with Gasteiger partial charge in [0.05, 0.1) is 18.3 Å². The van der Waals surface area contributed by atoms with Gasteiger partial charge in [-0.2, -0.15) is 13.2 Å². The van der Waals surface area contributed by atoms with E-state index in [1.54, 1.807) is 72.8 Å². The first kappa shape index (κ1) is 21.9. The summed E-state index contributed by atoms with van der Waals surface area (Å²) in [5.41, 5.74) is -2.87. The van der Waals surface area contributed by atoms with Gasteiger partial charge in [0, 0.05) is 10.8 Å². The van der Waals surface area contributed by atoms with Gasteiger partial charge in [-0.1, -0.05) is 72.8 Å². The minimum atomic E-state index is -5.15. The summed E-state index contributed by atoms with van der Waals surface area (Å²) in [4.78, 5) is 21.8. The van der Waals surface area contributed by atoms with Crippen molar-refractivity contribution in [1.82, 2.24) is 4.98 Å². The van der Waals surface area contributed by atoms with Crippen LogP contribution < -0.4 is 0 Å². The highest BCUT2D eigenvalue weighted by Gasteiger charge is 2.70. The van der Waals surface area contributed by atoms with Gasteiger partial charge in [-0.05, 0) is 17.0 Å². The molecular formula is C26H19F3N2O3. The zero-order chi connectivity index (χ0) is 23.9. The molecule has 4 aromatic rings. The summed E-state index contributed by atoms with van der Waals surface area (Å²) in [6, 6.07) is 21.5. The Hall–Kier alpha value is -3.94. The Morgan fingerprint density at radius 2 is 1.53 bits per heavy atom. The van der Waals surface area contributed by atoms with E-state index in [1.807, 2.05) is 0 Å². The molecule has 5 nitrogen and oxygen atoms in total. The highest BCUT2D eigenvalue weighted by molar-refractivity contribution is 6.15. The van der Waals surface area contributed by atoms with Crippen LogP contribution in [-0.2, 0) is 19.7 Å². The van der Waals surface area contributed by atoms with Crippen LogP contribution in [0.4, 0.5) is 13.2 Å². The Morgan fingerprint density at radius 3 is 2.21 bits per heavy atom. The number of nitrogens with zero attached hydrogens (tertiary/aromatic N) is 2. The molecule has 0 saturated heterocycles. The lowest BCUT2D eigenvalue weighted by atomic mass is 9.79. The molecular weight excluding hydrogens is 445 g/mol. The van der Waals surface area contributed by atoms with Gasteiger partial charge in [-0.3, -0.25) is 9.78 Å². The van der Waals surface area contributed by atoms with Crippen LogP contribution in [0.15, 0.2) is 83.9 Å². The summed E-state index contributed by atoms with van der Waals surface area (Å²) in [6.45, 7) is -0.139. The van der Waals surface area contributed by atoms with Crippen molar-refractivity contribution in [1.29, 1.82) is 0 Å². The number of rotatable bonds is 4. The predicted octanol–water partition coefficient (Wildman–Crippen LogP) is 5.53. The van der Waals surface area contributed by atoms with Gasteiger partial charge in [0.2, 0.25) is 5.90 Å². The molecule has 34 heavy (non-hydrogen) atoms. The summed E-state index contributed by atoms with van der Waals surface area (Å²) >= 11 is 0. The van der Waals surface area contributed by atoms with Crippen molar-refractivity contribution in [2.45, 2.75) is 17.6 Å². The number of methoxy groups -OCH3 is 1. The maximum Gasteiger partial charge on any atom is 0.419 e. The number of benzene rings is 3. The van der Waals surface area contributed by atoms with E-state index in [1.165, 1.54) is 6.07 Å². The van der Waals surface area contributed by atoms with Crippen molar-refractivity contribution in [3.8, 4) is 0 Å². The molecule has 0 amide bonds. The third kappa shape index (κ3) is 3.21. The van der Waals surface area contributed by atoms with Crippen molar-refractivity contribution in [3.05, 3.63) is 90.1 Å². The van der Waals surface area contributed by atoms with Gasteiger partial charge >= 0.3 is 12.1 Å². The van der Waals surface area contributed by atoms with Crippen molar-refractivity contribution < 1.29 is 27.4 Å². The van der Waals surface area contributed by atoms with E-state index in [9.17, 15) is 4.79 Å². The fourth-order valence-electron chi connectivity index (χ4n) is 4.42. The molecule has 1 aliphatic rings. The zero-order valence-electron chi connectivity index (χ0n) is 18.0. The third-order valence-corrected chi connectivity index (χ3v) is 6.04. The number of aliphatic imine (C=N–C) groups is 1. The van der Waals surface area contributed by atoms with E-state index < -0.39 is 35.2 Å². The van der Waals surface area contributed by atoms with Gasteiger partial charge in [0.25, 0.3) is 5.41 Å². The standard InChI is InChI=1S/C26H19F3N2O3/c1-33-24(32)25(26(27,28)29,23-31-21(15-34-23)16-9-3-2-4-10-16)22-19-13-6-5-11-17(19)18-12-7-8-14-20(18)30-22/h2-14,21H,15H2,1H3/t21-,25?/m0/s1. The fourth-order valence-corrected chi connectivity index (χ4v) is 4.42. The van der Waals surface area contributed by atoms with Crippen LogP contribution in [0.3, 0.4) is 0 Å². The van der Waals surface area contributed by atoms with Crippen molar-refractivity contribution in [2.24, 2.45) is 4.99 Å². The Bertz CT molecular complexity index is 1420. The Balaban J connectivity index is 1.85. The molecule has 172 valence electrons. The van der Waals surface area contributed by atoms with Crippen LogP contribution in [0.5, 0.6) is 0 Å². The second-order valence-corrected chi connectivity index (χ2v) is 7.93. The molecule has 1 aromatic heterocycles. The van der Waals surface area contributed by atoms with Crippen LogP contribution in [0.2, 0.25) is 0 Å². The number of fused-ring (bicyclic) bond motifs is 3. The first-order valence-corrected chi connectivity index (χ1v) is 10.6. The first-order chi connectivity index (χ1) is 16.4. The maximum atomic E-state index is 15.1. The molecule has 0 aliphatic carbocycles. The summed E-state index contributed by atoms with van der Waals surface area (Å²) in [5.74, 6) is -2.32. The van der Waals surface area contributed by atoms with Gasteiger partial charge in [0.1, 0.15) is 12.6 Å². The average Bonchev–Trinajstić information content (AvgIpc) is 3.34. The number of pyridine rings is 1. The van der Waals surface area contributed by atoms with Crippen molar-refractivity contribution in [2.75, 3.05) is 13.7 Å². The molecule has 2 atom stereocenters. The first-order valence-electron chi connectivity index (χ1n) is 10.6. The number of para-hydroxylation sites is 1. The molecule has 5 rings (SSSR count). The summed E-state index contributed by atoms with van der Waals surface area (Å²) in [5, 5.41) is 1.36. The molecule has 0 fully saturated rings. The fraction of sp³-hybridized carbons (Fsp3) is 0.192. The lowest BCUT2D eigenvalue weighted by Gasteiger charge is -2.32. The maximum absolute atomic E-state index is 15.1. The van der Waals surface area contributed by atoms with Crippen LogP contribution in [-0.4, -0.2) is 36.7 Å². The number of esters is 1.